The molecule has 2 aromatic heterocycles. The van der Waals surface area contributed by atoms with E-state index in [4.69, 9.17) is 5.73 Å². The van der Waals surface area contributed by atoms with Crippen LogP contribution in [0.25, 0.3) is 0 Å². The van der Waals surface area contributed by atoms with Gasteiger partial charge in [0.2, 0.25) is 0 Å². The largest absolute Gasteiger partial charge is 0.381 e. The first-order chi connectivity index (χ1) is 9.09. The van der Waals surface area contributed by atoms with E-state index in [1.165, 1.54) is 12.3 Å². The third-order valence-corrected chi connectivity index (χ3v) is 2.64. The van der Waals surface area contributed by atoms with E-state index >= 15 is 0 Å². The highest BCUT2D eigenvalue weighted by atomic mass is 19.1. The first-order valence-electron chi connectivity index (χ1n) is 5.71. The van der Waals surface area contributed by atoms with Gasteiger partial charge in [0, 0.05) is 12.4 Å². The van der Waals surface area contributed by atoms with Crippen LogP contribution in [0.4, 0.5) is 10.2 Å². The number of carbonyl (C=O) groups excluding carboxylic acids is 1. The van der Waals surface area contributed by atoms with Crippen LogP contribution in [0.2, 0.25) is 0 Å². The second-order valence-corrected chi connectivity index (χ2v) is 4.01. The molecule has 1 amide bonds. The zero-order valence-electron chi connectivity index (χ0n) is 10.3. The van der Waals surface area contributed by atoms with Crippen LogP contribution in [0.5, 0.6) is 0 Å². The molecule has 0 spiro atoms. The summed E-state index contributed by atoms with van der Waals surface area (Å²) in [4.78, 5) is 19.6. The minimum Gasteiger partial charge on any atom is -0.381 e. The number of hydrogen-bond acceptors (Lipinski definition) is 4. The average molecular weight is 260 g/mol. The molecule has 0 aliphatic rings. The molecule has 0 aliphatic heterocycles. The number of aromatic nitrogens is 2. The maximum atomic E-state index is 13.6. The smallest absolute Gasteiger partial charge is 0.254 e. The summed E-state index contributed by atoms with van der Waals surface area (Å²) in [7, 11) is 0. The summed E-state index contributed by atoms with van der Waals surface area (Å²) in [6.45, 7) is 1.77. The minimum atomic E-state index is -0.812. The van der Waals surface area contributed by atoms with Gasteiger partial charge in [0.1, 0.15) is 0 Å². The summed E-state index contributed by atoms with van der Waals surface area (Å²) in [6.07, 6.45) is 2.92. The Balaban J connectivity index is 2.16. The number of rotatable bonds is 3. The molecule has 0 saturated carbocycles. The van der Waals surface area contributed by atoms with E-state index in [-0.39, 0.29) is 17.4 Å². The van der Waals surface area contributed by atoms with Crippen molar-refractivity contribution in [2.45, 2.75) is 13.0 Å². The molecule has 0 aliphatic carbocycles. The van der Waals surface area contributed by atoms with Crippen LogP contribution in [0, 0.1) is 5.82 Å². The highest BCUT2D eigenvalue weighted by Gasteiger charge is 2.17. The number of pyridine rings is 2. The molecule has 5 nitrogen and oxygen atoms in total. The molecule has 0 saturated heterocycles. The second kappa shape index (κ2) is 5.43. The lowest BCUT2D eigenvalue weighted by molar-refractivity contribution is 0.0935. The molecule has 1 atom stereocenters. The number of anilines is 1. The Labute approximate surface area is 109 Å². The molecule has 0 fully saturated rings. The summed E-state index contributed by atoms with van der Waals surface area (Å²) in [5.74, 6) is -1.66. The van der Waals surface area contributed by atoms with Crippen molar-refractivity contribution in [1.82, 2.24) is 15.3 Å². The third kappa shape index (κ3) is 2.85. The molecule has 1 unspecified atom stereocenters. The molecule has 3 N–H and O–H groups in total. The Hall–Kier alpha value is -2.50. The topological polar surface area (TPSA) is 80.9 Å². The predicted octanol–water partition coefficient (Wildman–Crippen LogP) is 1.69. The summed E-state index contributed by atoms with van der Waals surface area (Å²) >= 11 is 0. The fraction of sp³-hybridized carbons (Fsp3) is 0.154. The molecule has 2 heterocycles. The predicted molar refractivity (Wildman–Crippen MR) is 68.7 cm³/mol. The zero-order chi connectivity index (χ0) is 13.8. The molecular formula is C13H13FN4O. The first kappa shape index (κ1) is 12.9. The fourth-order valence-corrected chi connectivity index (χ4v) is 1.62. The maximum Gasteiger partial charge on any atom is 0.254 e. The Morgan fingerprint density at radius 1 is 1.32 bits per heavy atom. The van der Waals surface area contributed by atoms with Gasteiger partial charge in [0.25, 0.3) is 5.91 Å². The first-order valence-corrected chi connectivity index (χ1v) is 5.71. The van der Waals surface area contributed by atoms with Crippen LogP contribution >= 0.6 is 0 Å². The number of halogens is 1. The quantitative estimate of drug-likeness (QED) is 0.880. The minimum absolute atomic E-state index is 0.129. The van der Waals surface area contributed by atoms with E-state index in [0.29, 0.717) is 5.69 Å². The highest BCUT2D eigenvalue weighted by molar-refractivity contribution is 5.95. The van der Waals surface area contributed by atoms with Gasteiger partial charge >= 0.3 is 0 Å². The van der Waals surface area contributed by atoms with Gasteiger partial charge in [-0.1, -0.05) is 6.07 Å². The van der Waals surface area contributed by atoms with E-state index in [1.807, 2.05) is 6.07 Å². The van der Waals surface area contributed by atoms with Crippen molar-refractivity contribution in [3.8, 4) is 0 Å². The molecule has 0 bridgehead atoms. The van der Waals surface area contributed by atoms with Crippen molar-refractivity contribution < 1.29 is 9.18 Å². The van der Waals surface area contributed by atoms with E-state index in [9.17, 15) is 9.18 Å². The van der Waals surface area contributed by atoms with Gasteiger partial charge in [0.05, 0.1) is 17.3 Å². The van der Waals surface area contributed by atoms with Crippen molar-refractivity contribution in [3.05, 3.63) is 53.7 Å². The number of nitrogens with zero attached hydrogens (tertiary/aromatic N) is 2. The molecule has 0 aromatic carbocycles. The zero-order valence-corrected chi connectivity index (χ0v) is 10.3. The van der Waals surface area contributed by atoms with Crippen molar-refractivity contribution in [1.29, 1.82) is 0 Å². The van der Waals surface area contributed by atoms with Gasteiger partial charge in [0.15, 0.2) is 11.6 Å². The average Bonchev–Trinajstić information content (AvgIpc) is 2.42. The third-order valence-electron chi connectivity index (χ3n) is 2.64. The summed E-state index contributed by atoms with van der Waals surface area (Å²) in [6, 6.07) is 6.33. The van der Waals surface area contributed by atoms with Crippen molar-refractivity contribution in [2.24, 2.45) is 0 Å². The lowest BCUT2D eigenvalue weighted by Gasteiger charge is -2.13. The Bertz CT molecular complexity index is 588. The van der Waals surface area contributed by atoms with Crippen molar-refractivity contribution >= 4 is 11.7 Å². The SMILES string of the molecule is CC(NC(=O)c1ccnc(N)c1F)c1ccccn1. The molecule has 6 heteroatoms. The van der Waals surface area contributed by atoms with Crippen molar-refractivity contribution in [2.75, 3.05) is 5.73 Å². The van der Waals surface area contributed by atoms with Crippen LogP contribution < -0.4 is 11.1 Å². The van der Waals surface area contributed by atoms with Crippen LogP contribution in [0.15, 0.2) is 36.7 Å². The van der Waals surface area contributed by atoms with Crippen LogP contribution in [-0.2, 0) is 0 Å². The highest BCUT2D eigenvalue weighted by Crippen LogP contribution is 2.14. The number of nitrogen functional groups attached to an aromatic ring is 1. The van der Waals surface area contributed by atoms with E-state index < -0.39 is 11.7 Å². The van der Waals surface area contributed by atoms with Gasteiger partial charge in [-0.15, -0.1) is 0 Å². The maximum absolute atomic E-state index is 13.6. The summed E-state index contributed by atoms with van der Waals surface area (Å²) in [5, 5.41) is 2.66. The normalized spacial score (nSPS) is 11.9. The van der Waals surface area contributed by atoms with E-state index in [0.717, 1.165) is 0 Å². The number of amides is 1. The molecule has 19 heavy (non-hydrogen) atoms. The Morgan fingerprint density at radius 2 is 2.11 bits per heavy atom. The van der Waals surface area contributed by atoms with Crippen LogP contribution in [-0.4, -0.2) is 15.9 Å². The number of hydrogen-bond donors (Lipinski definition) is 2. The van der Waals surface area contributed by atoms with E-state index in [1.54, 1.807) is 25.3 Å². The molecular weight excluding hydrogens is 247 g/mol. The Morgan fingerprint density at radius 3 is 2.79 bits per heavy atom. The fourth-order valence-electron chi connectivity index (χ4n) is 1.62. The second-order valence-electron chi connectivity index (χ2n) is 4.01. The number of nitrogens with one attached hydrogen (secondary N) is 1. The van der Waals surface area contributed by atoms with Crippen LogP contribution in [0.3, 0.4) is 0 Å². The lowest BCUT2D eigenvalue weighted by atomic mass is 10.2. The van der Waals surface area contributed by atoms with Gasteiger partial charge in [-0.05, 0) is 25.1 Å². The molecule has 2 aromatic rings. The molecule has 2 rings (SSSR count). The van der Waals surface area contributed by atoms with Crippen molar-refractivity contribution in [3.63, 3.8) is 0 Å². The number of nitrogens with two attached hydrogens (primary N) is 1. The Kier molecular flexibility index (Phi) is 3.70. The van der Waals surface area contributed by atoms with Gasteiger partial charge in [-0.25, -0.2) is 9.37 Å². The monoisotopic (exact) mass is 260 g/mol. The summed E-state index contributed by atoms with van der Waals surface area (Å²) < 4.78 is 13.6. The van der Waals surface area contributed by atoms with Gasteiger partial charge in [-0.2, -0.15) is 0 Å². The molecule has 0 radical (unpaired) electrons. The molecule has 98 valence electrons. The van der Waals surface area contributed by atoms with Gasteiger partial charge < -0.3 is 11.1 Å². The van der Waals surface area contributed by atoms with E-state index in [2.05, 4.69) is 15.3 Å². The van der Waals surface area contributed by atoms with Gasteiger partial charge in [-0.3, -0.25) is 9.78 Å². The lowest BCUT2D eigenvalue weighted by Crippen LogP contribution is -2.28. The standard InChI is InChI=1S/C13H13FN4O/c1-8(10-4-2-3-6-16-10)18-13(19)9-5-7-17-12(15)11(9)14/h2-8H,1H3,(H2,15,17)(H,18,19). The van der Waals surface area contributed by atoms with Crippen LogP contribution in [0.1, 0.15) is 29.0 Å². The summed E-state index contributed by atoms with van der Waals surface area (Å²) in [5.41, 5.74) is 5.89. The number of carbonyl (C=O) groups is 1.